The van der Waals surface area contributed by atoms with Crippen molar-refractivity contribution < 1.29 is 9.59 Å². The van der Waals surface area contributed by atoms with Crippen molar-refractivity contribution in [1.82, 2.24) is 14.9 Å². The summed E-state index contributed by atoms with van der Waals surface area (Å²) in [5, 5.41) is 9.56. The Morgan fingerprint density at radius 2 is 2.03 bits per heavy atom. The molecule has 0 radical (unpaired) electrons. The lowest BCUT2D eigenvalue weighted by atomic mass is 10.0. The van der Waals surface area contributed by atoms with Crippen molar-refractivity contribution in [2.75, 3.05) is 29.0 Å². The van der Waals surface area contributed by atoms with E-state index in [0.29, 0.717) is 34.7 Å². The number of benzene rings is 1. The zero-order valence-corrected chi connectivity index (χ0v) is 18.4. The lowest BCUT2D eigenvalue weighted by Gasteiger charge is -2.34. The zero-order valence-electron chi connectivity index (χ0n) is 17.7. The van der Waals surface area contributed by atoms with Gasteiger partial charge in [-0.25, -0.2) is 4.98 Å². The number of likely N-dealkylation sites (tertiary alicyclic amines) is 1. The number of piperidine rings is 1. The molecule has 1 aromatic carbocycles. The van der Waals surface area contributed by atoms with Crippen molar-refractivity contribution in [2.24, 2.45) is 5.92 Å². The van der Waals surface area contributed by atoms with Crippen LogP contribution in [0.25, 0.3) is 0 Å². The predicted octanol–water partition coefficient (Wildman–Crippen LogP) is 4.06. The lowest BCUT2D eigenvalue weighted by molar-refractivity contribution is -0.135. The number of nitrogens with one attached hydrogen (secondary N) is 3. The Bertz CT molecular complexity index is 965. The number of anilines is 4. The van der Waals surface area contributed by atoms with Gasteiger partial charge in [-0.2, -0.15) is 4.98 Å². The molecule has 0 aliphatic carbocycles. The third-order valence-electron chi connectivity index (χ3n) is 4.93. The molecule has 0 saturated carbocycles. The van der Waals surface area contributed by atoms with E-state index in [9.17, 15) is 9.59 Å². The monoisotopic (exact) mass is 442 g/mol. The van der Waals surface area contributed by atoms with Gasteiger partial charge in [0.2, 0.25) is 17.8 Å². The number of hydrogen-bond acceptors (Lipinski definition) is 6. The quantitative estimate of drug-likeness (QED) is 0.559. The largest absolute Gasteiger partial charge is 0.350 e. The molecule has 1 atom stereocenters. The fourth-order valence-corrected chi connectivity index (χ4v) is 3.52. The Morgan fingerprint density at radius 1 is 1.29 bits per heavy atom. The van der Waals surface area contributed by atoms with Gasteiger partial charge in [0.1, 0.15) is 5.02 Å². The Morgan fingerprint density at radius 3 is 2.74 bits per heavy atom. The summed E-state index contributed by atoms with van der Waals surface area (Å²) in [4.78, 5) is 34.7. The first kappa shape index (κ1) is 22.6. The molecule has 0 bridgehead atoms. The number of amides is 2. The number of nitrogens with zero attached hydrogens (tertiary/aromatic N) is 3. The molecular weight excluding hydrogens is 416 g/mol. The maximum Gasteiger partial charge on any atom is 0.247 e. The molecule has 3 N–H and O–H groups in total. The van der Waals surface area contributed by atoms with Crippen molar-refractivity contribution in [1.29, 1.82) is 0 Å². The third kappa shape index (κ3) is 5.95. The van der Waals surface area contributed by atoms with Crippen LogP contribution < -0.4 is 16.0 Å². The molecule has 1 fully saturated rings. The van der Waals surface area contributed by atoms with Crippen molar-refractivity contribution in [3.63, 3.8) is 0 Å². The van der Waals surface area contributed by atoms with Gasteiger partial charge >= 0.3 is 0 Å². The second-order valence-corrected chi connectivity index (χ2v) is 8.08. The van der Waals surface area contributed by atoms with Gasteiger partial charge in [-0.1, -0.05) is 44.2 Å². The summed E-state index contributed by atoms with van der Waals surface area (Å²) in [5.74, 6) is 0.643. The normalized spacial score (nSPS) is 16.0. The van der Waals surface area contributed by atoms with Gasteiger partial charge < -0.3 is 20.9 Å². The van der Waals surface area contributed by atoms with Gasteiger partial charge in [-0.3, -0.25) is 9.59 Å². The summed E-state index contributed by atoms with van der Waals surface area (Å²) in [5.41, 5.74) is 1.21. The van der Waals surface area contributed by atoms with Crippen LogP contribution in [0.3, 0.4) is 0 Å². The van der Waals surface area contributed by atoms with Crippen LogP contribution in [0.1, 0.15) is 26.7 Å². The van der Waals surface area contributed by atoms with Crippen LogP contribution in [0.2, 0.25) is 5.02 Å². The topological polar surface area (TPSA) is 99.2 Å². The highest BCUT2D eigenvalue weighted by Gasteiger charge is 2.25. The van der Waals surface area contributed by atoms with Gasteiger partial charge in [0.25, 0.3) is 0 Å². The standard InChI is InChI=1S/C22H27ClN6O2/c1-4-19(30)26-17-9-5-6-10-18(17)27-20-16(23)12-24-22(28-20)25-15-8-7-11-29(13-15)21(31)14(2)3/h4-6,9-10,12,14-15H,1,7-8,11,13H2,2-3H3,(H,26,30)(H2,24,25,27,28)/t15-/m0/s1. The van der Waals surface area contributed by atoms with E-state index in [1.807, 2.05) is 30.9 Å². The molecule has 1 aliphatic rings. The van der Waals surface area contributed by atoms with Crippen LogP contribution in [0, 0.1) is 5.92 Å². The van der Waals surface area contributed by atoms with Gasteiger partial charge in [0.15, 0.2) is 5.82 Å². The van der Waals surface area contributed by atoms with Crippen LogP contribution in [0.4, 0.5) is 23.1 Å². The number of aromatic nitrogens is 2. The maximum atomic E-state index is 12.3. The molecule has 2 amide bonds. The van der Waals surface area contributed by atoms with E-state index in [1.165, 1.54) is 12.3 Å². The number of carbonyl (C=O) groups is 2. The summed E-state index contributed by atoms with van der Waals surface area (Å²) in [6.45, 7) is 8.68. The molecule has 2 aromatic rings. The van der Waals surface area contributed by atoms with Gasteiger partial charge in [-0.15, -0.1) is 0 Å². The smallest absolute Gasteiger partial charge is 0.247 e. The summed E-state index contributed by atoms with van der Waals surface area (Å²) in [6, 6.07) is 7.28. The van der Waals surface area contributed by atoms with E-state index >= 15 is 0 Å². The van der Waals surface area contributed by atoms with Crippen molar-refractivity contribution in [3.8, 4) is 0 Å². The molecule has 0 unspecified atom stereocenters. The number of hydrogen-bond donors (Lipinski definition) is 3. The van der Waals surface area contributed by atoms with E-state index in [4.69, 9.17) is 11.6 Å². The molecule has 2 heterocycles. The van der Waals surface area contributed by atoms with Crippen LogP contribution >= 0.6 is 11.6 Å². The molecule has 164 valence electrons. The summed E-state index contributed by atoms with van der Waals surface area (Å²) in [6.07, 6.45) is 4.57. The van der Waals surface area contributed by atoms with E-state index < -0.39 is 0 Å². The van der Waals surface area contributed by atoms with E-state index in [1.54, 1.807) is 12.1 Å². The predicted molar refractivity (Wildman–Crippen MR) is 124 cm³/mol. The average molecular weight is 443 g/mol. The molecule has 31 heavy (non-hydrogen) atoms. The Balaban J connectivity index is 1.73. The minimum absolute atomic E-state index is 0.0250. The zero-order chi connectivity index (χ0) is 22.4. The minimum atomic E-state index is -0.316. The SMILES string of the molecule is C=CC(=O)Nc1ccccc1Nc1nc(N[C@H]2CCCN(C(=O)C(C)C)C2)ncc1Cl. The molecule has 9 heteroatoms. The third-order valence-corrected chi connectivity index (χ3v) is 5.20. The highest BCUT2D eigenvalue weighted by Crippen LogP contribution is 2.29. The van der Waals surface area contributed by atoms with Crippen LogP contribution in [0.15, 0.2) is 43.1 Å². The van der Waals surface area contributed by atoms with Crippen molar-refractivity contribution in [2.45, 2.75) is 32.7 Å². The van der Waals surface area contributed by atoms with Gasteiger partial charge in [-0.05, 0) is 31.1 Å². The fourth-order valence-electron chi connectivity index (χ4n) is 3.38. The summed E-state index contributed by atoms with van der Waals surface area (Å²) < 4.78 is 0. The minimum Gasteiger partial charge on any atom is -0.350 e. The van der Waals surface area contributed by atoms with Crippen LogP contribution in [-0.4, -0.2) is 45.8 Å². The number of carbonyl (C=O) groups excluding carboxylic acids is 2. The van der Waals surface area contributed by atoms with Crippen LogP contribution in [-0.2, 0) is 9.59 Å². The highest BCUT2D eigenvalue weighted by atomic mass is 35.5. The summed E-state index contributed by atoms with van der Waals surface area (Å²) in [7, 11) is 0. The molecule has 1 saturated heterocycles. The van der Waals surface area contributed by atoms with Gasteiger partial charge in [0, 0.05) is 25.0 Å². The van der Waals surface area contributed by atoms with Gasteiger partial charge in [0.05, 0.1) is 17.6 Å². The molecule has 3 rings (SSSR count). The molecule has 1 aliphatic heterocycles. The lowest BCUT2D eigenvalue weighted by Crippen LogP contribution is -2.46. The average Bonchev–Trinajstić information content (AvgIpc) is 2.76. The fraction of sp³-hybridized carbons (Fsp3) is 0.364. The Labute approximate surface area is 187 Å². The second-order valence-electron chi connectivity index (χ2n) is 7.68. The number of halogens is 1. The van der Waals surface area contributed by atoms with Crippen LogP contribution in [0.5, 0.6) is 0 Å². The van der Waals surface area contributed by atoms with E-state index in [0.717, 1.165) is 19.4 Å². The highest BCUT2D eigenvalue weighted by molar-refractivity contribution is 6.33. The Hall–Kier alpha value is -3.13. The Kier molecular flexibility index (Phi) is 7.46. The number of rotatable bonds is 7. The van der Waals surface area contributed by atoms with Crippen molar-refractivity contribution >= 4 is 46.6 Å². The van der Waals surface area contributed by atoms with E-state index in [2.05, 4.69) is 32.5 Å². The maximum absolute atomic E-state index is 12.3. The second kappa shape index (κ2) is 10.3. The van der Waals surface area contributed by atoms with E-state index in [-0.39, 0.29) is 23.8 Å². The number of para-hydroxylation sites is 2. The molecular formula is C22H27ClN6O2. The summed E-state index contributed by atoms with van der Waals surface area (Å²) >= 11 is 6.30. The first-order chi connectivity index (χ1) is 14.9. The first-order valence-electron chi connectivity index (χ1n) is 10.2. The molecule has 1 aromatic heterocycles. The molecule has 0 spiro atoms. The van der Waals surface area contributed by atoms with Crippen molar-refractivity contribution in [3.05, 3.63) is 48.1 Å². The first-order valence-corrected chi connectivity index (χ1v) is 10.6. The molecule has 8 nitrogen and oxygen atoms in total.